The fourth-order valence-corrected chi connectivity index (χ4v) is 1.19. The van der Waals surface area contributed by atoms with Gasteiger partial charge in [-0.2, -0.15) is 4.98 Å². The quantitative estimate of drug-likeness (QED) is 0.717. The molecule has 0 aromatic carbocycles. The van der Waals surface area contributed by atoms with E-state index in [1.165, 1.54) is 0 Å². The molecule has 1 rings (SSSR count). The van der Waals surface area contributed by atoms with Gasteiger partial charge in [0.1, 0.15) is 5.82 Å². The van der Waals surface area contributed by atoms with E-state index in [4.69, 9.17) is 12.2 Å². The number of anilines is 2. The predicted molar refractivity (Wildman–Crippen MR) is 57.8 cm³/mol. The smallest absolute Gasteiger partial charge is 0.221 e. The van der Waals surface area contributed by atoms with Gasteiger partial charge in [-0.3, -0.25) is 0 Å². The fourth-order valence-electron chi connectivity index (χ4n) is 1.19. The highest BCUT2D eigenvalue weighted by Crippen LogP contribution is 2.10. The van der Waals surface area contributed by atoms with Crippen molar-refractivity contribution in [1.82, 2.24) is 9.97 Å². The molecule has 1 aromatic rings. The molecule has 0 aliphatic carbocycles. The molecular formula is C10H14N4. The summed E-state index contributed by atoms with van der Waals surface area (Å²) >= 11 is 0. The van der Waals surface area contributed by atoms with Crippen LogP contribution in [-0.4, -0.2) is 23.1 Å². The highest BCUT2D eigenvalue weighted by atomic mass is 15.2. The third kappa shape index (κ3) is 2.63. The van der Waals surface area contributed by atoms with Gasteiger partial charge >= 0.3 is 0 Å². The summed E-state index contributed by atoms with van der Waals surface area (Å²) in [6, 6.07) is 1.81. The normalized spacial score (nSPS) is 9.43. The van der Waals surface area contributed by atoms with E-state index in [0.29, 0.717) is 6.54 Å². The van der Waals surface area contributed by atoms with Gasteiger partial charge in [-0.05, 0) is 12.5 Å². The van der Waals surface area contributed by atoms with Crippen LogP contribution in [0.15, 0.2) is 12.3 Å². The zero-order chi connectivity index (χ0) is 10.4. The SMILES string of the molecule is C#CCN(CCC)c1ccnc(N)n1. The lowest BCUT2D eigenvalue weighted by Crippen LogP contribution is -2.25. The van der Waals surface area contributed by atoms with Gasteiger partial charge in [0.2, 0.25) is 5.95 Å². The Balaban J connectivity index is 2.82. The van der Waals surface area contributed by atoms with Crippen LogP contribution >= 0.6 is 0 Å². The number of rotatable bonds is 4. The van der Waals surface area contributed by atoms with E-state index >= 15 is 0 Å². The maximum Gasteiger partial charge on any atom is 0.221 e. The second-order valence-corrected chi connectivity index (χ2v) is 2.90. The van der Waals surface area contributed by atoms with Gasteiger partial charge in [-0.25, -0.2) is 4.98 Å². The number of aromatic nitrogens is 2. The van der Waals surface area contributed by atoms with Crippen LogP contribution in [0.25, 0.3) is 0 Å². The summed E-state index contributed by atoms with van der Waals surface area (Å²) in [7, 11) is 0. The molecule has 0 bridgehead atoms. The average Bonchev–Trinajstić information content (AvgIpc) is 2.17. The summed E-state index contributed by atoms with van der Waals surface area (Å²) in [6.07, 6.45) is 7.92. The molecule has 0 aliphatic rings. The van der Waals surface area contributed by atoms with Crippen LogP contribution in [0.1, 0.15) is 13.3 Å². The van der Waals surface area contributed by atoms with Crippen molar-refractivity contribution >= 4 is 11.8 Å². The zero-order valence-electron chi connectivity index (χ0n) is 8.27. The first-order valence-corrected chi connectivity index (χ1v) is 4.55. The van der Waals surface area contributed by atoms with Crippen molar-refractivity contribution in [2.24, 2.45) is 0 Å². The predicted octanol–water partition coefficient (Wildman–Crippen LogP) is 0.908. The van der Waals surface area contributed by atoms with Crippen LogP contribution < -0.4 is 10.6 Å². The maximum atomic E-state index is 5.49. The van der Waals surface area contributed by atoms with E-state index in [-0.39, 0.29) is 5.95 Å². The Morgan fingerprint density at radius 2 is 2.43 bits per heavy atom. The van der Waals surface area contributed by atoms with Gasteiger partial charge in [-0.1, -0.05) is 12.8 Å². The number of nitrogens with two attached hydrogens (primary N) is 1. The Morgan fingerprint density at radius 3 is 3.00 bits per heavy atom. The van der Waals surface area contributed by atoms with Crippen LogP contribution in [-0.2, 0) is 0 Å². The fraction of sp³-hybridized carbons (Fsp3) is 0.400. The highest BCUT2D eigenvalue weighted by molar-refractivity contribution is 5.42. The molecule has 0 unspecified atom stereocenters. The van der Waals surface area contributed by atoms with Crippen molar-refractivity contribution in [1.29, 1.82) is 0 Å². The van der Waals surface area contributed by atoms with Gasteiger partial charge in [0.15, 0.2) is 0 Å². The van der Waals surface area contributed by atoms with E-state index in [0.717, 1.165) is 18.8 Å². The molecule has 0 atom stereocenters. The van der Waals surface area contributed by atoms with Gasteiger partial charge in [0, 0.05) is 12.7 Å². The molecule has 4 nitrogen and oxygen atoms in total. The first-order valence-electron chi connectivity index (χ1n) is 4.55. The van der Waals surface area contributed by atoms with Gasteiger partial charge in [0.05, 0.1) is 6.54 Å². The molecule has 14 heavy (non-hydrogen) atoms. The van der Waals surface area contributed by atoms with E-state index in [1.54, 1.807) is 6.20 Å². The minimum absolute atomic E-state index is 0.278. The summed E-state index contributed by atoms with van der Waals surface area (Å²) in [4.78, 5) is 9.94. The minimum Gasteiger partial charge on any atom is -0.368 e. The Kier molecular flexibility index (Phi) is 3.74. The largest absolute Gasteiger partial charge is 0.368 e. The molecule has 0 saturated heterocycles. The number of nitrogens with zero attached hydrogens (tertiary/aromatic N) is 3. The Hall–Kier alpha value is -1.76. The van der Waals surface area contributed by atoms with Crippen LogP contribution in [0.2, 0.25) is 0 Å². The highest BCUT2D eigenvalue weighted by Gasteiger charge is 2.05. The first kappa shape index (κ1) is 10.3. The number of nitrogen functional groups attached to an aromatic ring is 1. The zero-order valence-corrected chi connectivity index (χ0v) is 8.27. The average molecular weight is 190 g/mol. The number of terminal acetylenes is 1. The summed E-state index contributed by atoms with van der Waals surface area (Å²) < 4.78 is 0. The standard InChI is InChI=1S/C10H14N4/c1-3-7-14(8-4-2)9-5-6-12-10(11)13-9/h1,5-6H,4,7-8H2,2H3,(H2,11,12,13). The van der Waals surface area contributed by atoms with Crippen molar-refractivity contribution in [3.05, 3.63) is 12.3 Å². The van der Waals surface area contributed by atoms with Crippen molar-refractivity contribution in [3.63, 3.8) is 0 Å². The minimum atomic E-state index is 0.278. The van der Waals surface area contributed by atoms with E-state index in [1.807, 2.05) is 11.0 Å². The summed E-state index contributed by atoms with van der Waals surface area (Å²) in [5.74, 6) is 3.66. The monoisotopic (exact) mass is 190 g/mol. The molecule has 0 saturated carbocycles. The van der Waals surface area contributed by atoms with Crippen LogP contribution in [0.4, 0.5) is 11.8 Å². The molecule has 4 heteroatoms. The third-order valence-corrected chi connectivity index (χ3v) is 1.76. The molecule has 1 heterocycles. The molecule has 74 valence electrons. The molecule has 1 aromatic heterocycles. The summed E-state index contributed by atoms with van der Waals surface area (Å²) in [5.41, 5.74) is 5.49. The van der Waals surface area contributed by atoms with Crippen LogP contribution in [0.3, 0.4) is 0 Å². The van der Waals surface area contributed by atoms with Crippen LogP contribution in [0, 0.1) is 12.3 Å². The summed E-state index contributed by atoms with van der Waals surface area (Å²) in [5, 5.41) is 0. The summed E-state index contributed by atoms with van der Waals surface area (Å²) in [6.45, 7) is 3.51. The molecule has 2 N–H and O–H groups in total. The topological polar surface area (TPSA) is 55.0 Å². The van der Waals surface area contributed by atoms with Crippen LogP contribution in [0.5, 0.6) is 0 Å². The van der Waals surface area contributed by atoms with E-state index in [9.17, 15) is 0 Å². The first-order chi connectivity index (χ1) is 6.77. The van der Waals surface area contributed by atoms with Gasteiger partial charge in [-0.15, -0.1) is 6.42 Å². The van der Waals surface area contributed by atoms with Gasteiger partial charge in [0.25, 0.3) is 0 Å². The Labute approximate surface area is 84.2 Å². The molecular weight excluding hydrogens is 176 g/mol. The number of hydrogen-bond acceptors (Lipinski definition) is 4. The van der Waals surface area contributed by atoms with E-state index < -0.39 is 0 Å². The van der Waals surface area contributed by atoms with Crippen molar-refractivity contribution in [2.45, 2.75) is 13.3 Å². The number of hydrogen-bond donors (Lipinski definition) is 1. The van der Waals surface area contributed by atoms with Gasteiger partial charge < -0.3 is 10.6 Å². The molecule has 0 amide bonds. The molecule has 0 fully saturated rings. The lowest BCUT2D eigenvalue weighted by molar-refractivity contribution is 0.807. The molecule has 0 aliphatic heterocycles. The molecule has 0 spiro atoms. The van der Waals surface area contributed by atoms with Crippen molar-refractivity contribution in [2.75, 3.05) is 23.7 Å². The lowest BCUT2D eigenvalue weighted by Gasteiger charge is -2.20. The lowest BCUT2D eigenvalue weighted by atomic mass is 10.4. The van der Waals surface area contributed by atoms with Crippen molar-refractivity contribution < 1.29 is 0 Å². The Bertz CT molecular complexity index is 329. The Morgan fingerprint density at radius 1 is 1.64 bits per heavy atom. The third-order valence-electron chi connectivity index (χ3n) is 1.76. The maximum absolute atomic E-state index is 5.49. The molecule has 0 radical (unpaired) electrons. The van der Waals surface area contributed by atoms with E-state index in [2.05, 4.69) is 22.8 Å². The second-order valence-electron chi connectivity index (χ2n) is 2.90. The van der Waals surface area contributed by atoms with Crippen molar-refractivity contribution in [3.8, 4) is 12.3 Å². The second kappa shape index (κ2) is 5.07.